The van der Waals surface area contributed by atoms with Crippen LogP contribution in [0.4, 0.5) is 4.39 Å². The minimum atomic E-state index is -0.0736. The van der Waals surface area contributed by atoms with Crippen molar-refractivity contribution in [1.29, 1.82) is 0 Å². The van der Waals surface area contributed by atoms with Gasteiger partial charge in [-0.15, -0.1) is 0 Å². The Balaban J connectivity index is 2.50. The Morgan fingerprint density at radius 2 is 2.23 bits per heavy atom. The molecule has 1 aromatic rings. The van der Waals surface area contributed by atoms with Gasteiger partial charge in [0, 0.05) is 6.04 Å². The number of nitrogens with one attached hydrogen (secondary N) is 1. The van der Waals surface area contributed by atoms with E-state index in [2.05, 4.69) is 5.32 Å². The lowest BCUT2D eigenvalue weighted by Crippen LogP contribution is -2.12. The van der Waals surface area contributed by atoms with E-state index in [0.717, 1.165) is 18.4 Å². The molecule has 1 N–H and O–H groups in total. The third-order valence-electron chi connectivity index (χ3n) is 2.98. The van der Waals surface area contributed by atoms with E-state index < -0.39 is 0 Å². The van der Waals surface area contributed by atoms with Crippen molar-refractivity contribution in [2.24, 2.45) is 0 Å². The first-order chi connectivity index (χ1) is 6.24. The second-order valence-electron chi connectivity index (χ2n) is 3.62. The number of fused-ring (bicyclic) bond motifs is 1. The van der Waals surface area contributed by atoms with Gasteiger partial charge >= 0.3 is 0 Å². The van der Waals surface area contributed by atoms with Gasteiger partial charge < -0.3 is 5.32 Å². The van der Waals surface area contributed by atoms with Crippen molar-refractivity contribution in [3.05, 3.63) is 34.6 Å². The zero-order chi connectivity index (χ0) is 9.42. The van der Waals surface area contributed by atoms with Crippen molar-refractivity contribution in [2.45, 2.75) is 25.8 Å². The van der Waals surface area contributed by atoms with Crippen LogP contribution in [-0.4, -0.2) is 7.05 Å². The van der Waals surface area contributed by atoms with Crippen LogP contribution in [0.5, 0.6) is 0 Å². The van der Waals surface area contributed by atoms with Gasteiger partial charge in [0.1, 0.15) is 5.82 Å². The van der Waals surface area contributed by atoms with E-state index in [1.54, 1.807) is 6.07 Å². The average molecular weight is 179 g/mol. The molecule has 13 heavy (non-hydrogen) atoms. The summed E-state index contributed by atoms with van der Waals surface area (Å²) < 4.78 is 13.2. The first-order valence-corrected chi connectivity index (χ1v) is 4.69. The third kappa shape index (κ3) is 1.25. The number of benzene rings is 1. The van der Waals surface area contributed by atoms with Crippen molar-refractivity contribution in [3.8, 4) is 0 Å². The van der Waals surface area contributed by atoms with Crippen molar-refractivity contribution in [3.63, 3.8) is 0 Å². The third-order valence-corrected chi connectivity index (χ3v) is 2.98. The van der Waals surface area contributed by atoms with Gasteiger partial charge in [-0.2, -0.15) is 0 Å². The summed E-state index contributed by atoms with van der Waals surface area (Å²) in [6.45, 7) is 1.87. The second-order valence-corrected chi connectivity index (χ2v) is 3.62. The fourth-order valence-electron chi connectivity index (χ4n) is 2.15. The second kappa shape index (κ2) is 3.11. The maximum Gasteiger partial charge on any atom is 0.126 e. The SMILES string of the molecule is CN[C@@H]1CCc2c1ccc(F)c2C. The summed E-state index contributed by atoms with van der Waals surface area (Å²) in [6.07, 6.45) is 2.10. The van der Waals surface area contributed by atoms with E-state index in [0.29, 0.717) is 6.04 Å². The summed E-state index contributed by atoms with van der Waals surface area (Å²) in [6, 6.07) is 3.91. The Bertz CT molecular complexity index is 333. The predicted octanol–water partition coefficient (Wildman–Crippen LogP) is 2.34. The van der Waals surface area contributed by atoms with Crippen LogP contribution in [0.25, 0.3) is 0 Å². The minimum absolute atomic E-state index is 0.0736. The molecule has 1 aliphatic rings. The summed E-state index contributed by atoms with van der Waals surface area (Å²) in [4.78, 5) is 0. The summed E-state index contributed by atoms with van der Waals surface area (Å²) in [5.74, 6) is -0.0736. The smallest absolute Gasteiger partial charge is 0.126 e. The average Bonchev–Trinajstić information content (AvgIpc) is 2.55. The van der Waals surface area contributed by atoms with E-state index >= 15 is 0 Å². The number of halogens is 1. The lowest BCUT2D eigenvalue weighted by molar-refractivity contribution is 0.590. The Kier molecular flexibility index (Phi) is 2.08. The highest BCUT2D eigenvalue weighted by Crippen LogP contribution is 2.33. The highest BCUT2D eigenvalue weighted by Gasteiger charge is 2.23. The topological polar surface area (TPSA) is 12.0 Å². The molecule has 0 saturated heterocycles. The fourth-order valence-corrected chi connectivity index (χ4v) is 2.15. The van der Waals surface area contributed by atoms with Crippen molar-refractivity contribution in [2.75, 3.05) is 7.05 Å². The summed E-state index contributed by atoms with van der Waals surface area (Å²) in [5, 5.41) is 3.24. The van der Waals surface area contributed by atoms with Crippen LogP contribution in [-0.2, 0) is 6.42 Å². The summed E-state index contributed by atoms with van der Waals surface area (Å²) in [7, 11) is 1.96. The quantitative estimate of drug-likeness (QED) is 0.697. The lowest BCUT2D eigenvalue weighted by atomic mass is 10.0. The molecule has 2 rings (SSSR count). The van der Waals surface area contributed by atoms with Gasteiger partial charge in [-0.25, -0.2) is 4.39 Å². The molecule has 1 nitrogen and oxygen atoms in total. The molecule has 0 saturated carbocycles. The minimum Gasteiger partial charge on any atom is -0.313 e. The highest BCUT2D eigenvalue weighted by atomic mass is 19.1. The van der Waals surface area contributed by atoms with Crippen molar-refractivity contribution < 1.29 is 4.39 Å². The molecular formula is C11H14FN. The molecule has 0 fully saturated rings. The normalized spacial score (nSPS) is 20.4. The van der Waals surface area contributed by atoms with Gasteiger partial charge in [0.2, 0.25) is 0 Å². The lowest BCUT2D eigenvalue weighted by Gasteiger charge is -2.10. The summed E-state index contributed by atoms with van der Waals surface area (Å²) in [5.41, 5.74) is 3.32. The Morgan fingerprint density at radius 3 is 2.92 bits per heavy atom. The van der Waals surface area contributed by atoms with Crippen LogP contribution < -0.4 is 5.32 Å². The molecule has 1 atom stereocenters. The number of hydrogen-bond donors (Lipinski definition) is 1. The maximum atomic E-state index is 13.2. The highest BCUT2D eigenvalue weighted by molar-refractivity contribution is 5.40. The van der Waals surface area contributed by atoms with E-state index in [1.165, 1.54) is 11.1 Å². The molecule has 0 heterocycles. The molecule has 0 aliphatic heterocycles. The molecule has 0 radical (unpaired) electrons. The molecule has 1 aromatic carbocycles. The molecule has 2 heteroatoms. The van der Waals surface area contributed by atoms with Crippen molar-refractivity contribution >= 4 is 0 Å². The standard InChI is InChI=1S/C11H14FN/c1-7-8-4-6-11(13-2)9(8)3-5-10(7)12/h3,5,11,13H,4,6H2,1-2H3/t11-/m1/s1. The Labute approximate surface area is 78.0 Å². The predicted molar refractivity (Wildman–Crippen MR) is 51.3 cm³/mol. The molecule has 0 amide bonds. The van der Waals surface area contributed by atoms with Gasteiger partial charge in [-0.05, 0) is 49.6 Å². The monoisotopic (exact) mass is 179 g/mol. The van der Waals surface area contributed by atoms with Gasteiger partial charge in [-0.3, -0.25) is 0 Å². The van der Waals surface area contributed by atoms with Crippen LogP contribution in [0.3, 0.4) is 0 Å². The number of rotatable bonds is 1. The van der Waals surface area contributed by atoms with Gasteiger partial charge in [0.15, 0.2) is 0 Å². The van der Waals surface area contributed by atoms with Crippen LogP contribution in [0.1, 0.15) is 29.2 Å². The van der Waals surface area contributed by atoms with Crippen LogP contribution in [0.2, 0.25) is 0 Å². The first kappa shape index (κ1) is 8.70. The van der Waals surface area contributed by atoms with Gasteiger partial charge in [0.05, 0.1) is 0 Å². The van der Waals surface area contributed by atoms with E-state index in [9.17, 15) is 4.39 Å². The van der Waals surface area contributed by atoms with E-state index in [4.69, 9.17) is 0 Å². The first-order valence-electron chi connectivity index (χ1n) is 4.69. The van der Waals surface area contributed by atoms with Gasteiger partial charge in [0.25, 0.3) is 0 Å². The Morgan fingerprint density at radius 1 is 1.46 bits per heavy atom. The fraction of sp³-hybridized carbons (Fsp3) is 0.455. The van der Waals surface area contributed by atoms with Crippen LogP contribution in [0, 0.1) is 12.7 Å². The zero-order valence-electron chi connectivity index (χ0n) is 8.02. The molecule has 0 unspecified atom stereocenters. The van der Waals surface area contributed by atoms with E-state index in [-0.39, 0.29) is 5.82 Å². The van der Waals surface area contributed by atoms with Crippen LogP contribution >= 0.6 is 0 Å². The molecular weight excluding hydrogens is 165 g/mol. The molecule has 0 aromatic heterocycles. The Hall–Kier alpha value is -0.890. The largest absolute Gasteiger partial charge is 0.313 e. The molecule has 0 spiro atoms. The van der Waals surface area contributed by atoms with Crippen molar-refractivity contribution in [1.82, 2.24) is 5.32 Å². The molecule has 0 bridgehead atoms. The van der Waals surface area contributed by atoms with Gasteiger partial charge in [-0.1, -0.05) is 6.07 Å². The molecule has 1 aliphatic carbocycles. The van der Waals surface area contributed by atoms with Crippen LogP contribution in [0.15, 0.2) is 12.1 Å². The molecule has 70 valence electrons. The van der Waals surface area contributed by atoms with E-state index in [1.807, 2.05) is 20.0 Å². The number of hydrogen-bond acceptors (Lipinski definition) is 1. The summed E-state index contributed by atoms with van der Waals surface area (Å²) >= 11 is 0. The zero-order valence-corrected chi connectivity index (χ0v) is 8.02. The maximum absolute atomic E-state index is 13.2.